The van der Waals surface area contributed by atoms with Crippen LogP contribution in [-0.4, -0.2) is 21.0 Å². The molecule has 5 nitrogen and oxygen atoms in total. The van der Waals surface area contributed by atoms with E-state index in [4.69, 9.17) is 9.84 Å². The zero-order valence-electron chi connectivity index (χ0n) is 10.0. The second-order valence-electron chi connectivity index (χ2n) is 3.82. The van der Waals surface area contributed by atoms with Crippen LogP contribution >= 0.6 is 0 Å². The summed E-state index contributed by atoms with van der Waals surface area (Å²) in [5.74, 6) is 0.0578. The number of nitrogens with zero attached hydrogens (tertiary/aromatic N) is 2. The summed E-state index contributed by atoms with van der Waals surface area (Å²) in [6.45, 7) is 3.74. The van der Waals surface area contributed by atoms with Crippen molar-refractivity contribution in [2.45, 2.75) is 13.8 Å². The van der Waals surface area contributed by atoms with Gasteiger partial charge in [0.25, 0.3) is 0 Å². The van der Waals surface area contributed by atoms with Gasteiger partial charge in [-0.15, -0.1) is 0 Å². The quantitative estimate of drug-likeness (QED) is 0.898. The number of carboxylic acids is 1. The highest BCUT2D eigenvalue weighted by atomic mass is 16.5. The normalized spacial score (nSPS) is 10.1. The van der Waals surface area contributed by atoms with Gasteiger partial charge in [0.05, 0.1) is 5.56 Å². The second kappa shape index (κ2) is 4.83. The average Bonchev–Trinajstić information content (AvgIpc) is 2.36. The lowest BCUT2D eigenvalue weighted by Gasteiger charge is -2.08. The van der Waals surface area contributed by atoms with Crippen LogP contribution in [0.15, 0.2) is 30.6 Å². The summed E-state index contributed by atoms with van der Waals surface area (Å²) >= 11 is 0. The molecule has 0 aliphatic heterocycles. The van der Waals surface area contributed by atoms with Crippen LogP contribution < -0.4 is 4.74 Å². The number of benzene rings is 1. The van der Waals surface area contributed by atoms with Crippen LogP contribution in [0.1, 0.15) is 21.6 Å². The number of hydrogen-bond acceptors (Lipinski definition) is 4. The minimum Gasteiger partial charge on any atom is -0.478 e. The highest BCUT2D eigenvalue weighted by molar-refractivity contribution is 5.87. The molecule has 1 aromatic heterocycles. The van der Waals surface area contributed by atoms with E-state index >= 15 is 0 Å². The Morgan fingerprint density at radius 1 is 1.17 bits per heavy atom. The summed E-state index contributed by atoms with van der Waals surface area (Å²) in [4.78, 5) is 18.8. The summed E-state index contributed by atoms with van der Waals surface area (Å²) in [6, 6.07) is 6.17. The van der Waals surface area contributed by atoms with Crippen molar-refractivity contribution >= 4 is 5.97 Å². The van der Waals surface area contributed by atoms with Gasteiger partial charge in [0, 0.05) is 11.3 Å². The second-order valence-corrected chi connectivity index (χ2v) is 3.82. The molecule has 0 aliphatic carbocycles. The third-order valence-corrected chi connectivity index (χ3v) is 2.61. The number of ether oxygens (including phenoxy) is 1. The fourth-order valence-electron chi connectivity index (χ4n) is 1.40. The summed E-state index contributed by atoms with van der Waals surface area (Å²) in [6.07, 6.45) is 1.43. The molecule has 18 heavy (non-hydrogen) atoms. The van der Waals surface area contributed by atoms with Gasteiger partial charge in [0.15, 0.2) is 0 Å². The van der Waals surface area contributed by atoms with Gasteiger partial charge < -0.3 is 9.84 Å². The minimum atomic E-state index is -0.962. The Morgan fingerprint density at radius 3 is 2.44 bits per heavy atom. The molecule has 0 saturated heterocycles. The van der Waals surface area contributed by atoms with Crippen LogP contribution in [0.3, 0.4) is 0 Å². The Labute approximate surface area is 104 Å². The fourth-order valence-corrected chi connectivity index (χ4v) is 1.40. The van der Waals surface area contributed by atoms with Crippen LogP contribution in [-0.2, 0) is 0 Å². The summed E-state index contributed by atoms with van der Waals surface area (Å²) < 4.78 is 5.58. The maximum absolute atomic E-state index is 10.7. The number of rotatable bonds is 3. The van der Waals surface area contributed by atoms with Gasteiger partial charge in [0.1, 0.15) is 12.1 Å². The van der Waals surface area contributed by atoms with Crippen molar-refractivity contribution in [1.82, 2.24) is 9.97 Å². The molecule has 0 unspecified atom stereocenters. The number of aromatic nitrogens is 2. The van der Waals surface area contributed by atoms with Crippen LogP contribution in [0.2, 0.25) is 0 Å². The zero-order valence-corrected chi connectivity index (χ0v) is 10.0. The van der Waals surface area contributed by atoms with Crippen molar-refractivity contribution < 1.29 is 14.6 Å². The first-order valence-corrected chi connectivity index (χ1v) is 5.37. The number of hydrogen-bond donors (Lipinski definition) is 1. The molecule has 0 fully saturated rings. The molecule has 0 radical (unpaired) electrons. The smallest absolute Gasteiger partial charge is 0.335 e. The first kappa shape index (κ1) is 12.0. The zero-order chi connectivity index (χ0) is 13.1. The minimum absolute atomic E-state index is 0.220. The molecular formula is C13H12N2O3. The van der Waals surface area contributed by atoms with E-state index in [9.17, 15) is 4.79 Å². The molecule has 0 amide bonds. The van der Waals surface area contributed by atoms with Crippen LogP contribution in [0.4, 0.5) is 0 Å². The molecule has 92 valence electrons. The lowest BCUT2D eigenvalue weighted by Crippen LogP contribution is -1.97. The predicted octanol–water partition coefficient (Wildman–Crippen LogP) is 2.58. The first-order chi connectivity index (χ1) is 8.58. The molecule has 1 N–H and O–H groups in total. The average molecular weight is 244 g/mol. The molecule has 0 saturated carbocycles. The van der Waals surface area contributed by atoms with Gasteiger partial charge in [-0.3, -0.25) is 0 Å². The van der Waals surface area contributed by atoms with Crippen molar-refractivity contribution in [3.8, 4) is 11.6 Å². The Balaban J connectivity index is 2.24. The molecule has 1 heterocycles. The lowest BCUT2D eigenvalue weighted by atomic mass is 10.2. The predicted molar refractivity (Wildman–Crippen MR) is 65.0 cm³/mol. The van der Waals surface area contributed by atoms with Gasteiger partial charge in [-0.1, -0.05) is 0 Å². The number of aromatic carboxylic acids is 1. The van der Waals surface area contributed by atoms with Crippen LogP contribution in [0.25, 0.3) is 0 Å². The van der Waals surface area contributed by atoms with E-state index in [2.05, 4.69) is 9.97 Å². The van der Waals surface area contributed by atoms with Crippen molar-refractivity contribution in [1.29, 1.82) is 0 Å². The van der Waals surface area contributed by atoms with E-state index in [0.29, 0.717) is 11.6 Å². The highest BCUT2D eigenvalue weighted by Gasteiger charge is 2.07. The van der Waals surface area contributed by atoms with Crippen LogP contribution in [0.5, 0.6) is 11.6 Å². The third-order valence-electron chi connectivity index (χ3n) is 2.61. The van der Waals surface area contributed by atoms with Crippen molar-refractivity contribution in [3.63, 3.8) is 0 Å². The summed E-state index contributed by atoms with van der Waals surface area (Å²) in [5, 5.41) is 8.78. The van der Waals surface area contributed by atoms with Crippen molar-refractivity contribution in [2.75, 3.05) is 0 Å². The SMILES string of the molecule is Cc1ncnc(Oc2ccc(C(=O)O)cc2)c1C. The maximum atomic E-state index is 10.7. The highest BCUT2D eigenvalue weighted by Crippen LogP contribution is 2.23. The lowest BCUT2D eigenvalue weighted by molar-refractivity contribution is 0.0697. The Bertz CT molecular complexity index is 579. The molecular weight excluding hydrogens is 232 g/mol. The molecule has 2 aromatic rings. The maximum Gasteiger partial charge on any atom is 0.335 e. The van der Waals surface area contributed by atoms with Gasteiger partial charge >= 0.3 is 5.97 Å². The molecule has 0 spiro atoms. The molecule has 2 rings (SSSR count). The molecule has 0 bridgehead atoms. The van der Waals surface area contributed by atoms with Gasteiger partial charge in [0.2, 0.25) is 5.88 Å². The standard InChI is InChI=1S/C13H12N2O3/c1-8-9(2)14-7-15-12(8)18-11-5-3-10(4-6-11)13(16)17/h3-7H,1-2H3,(H,16,17). The van der Waals surface area contributed by atoms with Crippen LogP contribution in [0, 0.1) is 13.8 Å². The largest absolute Gasteiger partial charge is 0.478 e. The van der Waals surface area contributed by atoms with E-state index in [1.807, 2.05) is 13.8 Å². The number of carboxylic acid groups (broad SMARTS) is 1. The van der Waals surface area contributed by atoms with E-state index in [1.165, 1.54) is 18.5 Å². The molecule has 1 aromatic carbocycles. The monoisotopic (exact) mass is 244 g/mol. The van der Waals surface area contributed by atoms with Crippen molar-refractivity contribution in [3.05, 3.63) is 47.4 Å². The van der Waals surface area contributed by atoms with E-state index in [-0.39, 0.29) is 5.56 Å². The van der Waals surface area contributed by atoms with E-state index < -0.39 is 5.97 Å². The first-order valence-electron chi connectivity index (χ1n) is 5.37. The Morgan fingerprint density at radius 2 is 1.83 bits per heavy atom. The molecule has 0 aliphatic rings. The summed E-state index contributed by atoms with van der Waals surface area (Å²) in [5.41, 5.74) is 1.93. The Hall–Kier alpha value is -2.43. The number of aryl methyl sites for hydroxylation is 1. The number of carbonyl (C=O) groups is 1. The van der Waals surface area contributed by atoms with Gasteiger partial charge in [-0.2, -0.15) is 0 Å². The van der Waals surface area contributed by atoms with Crippen molar-refractivity contribution in [2.24, 2.45) is 0 Å². The molecule has 5 heteroatoms. The van der Waals surface area contributed by atoms with E-state index in [1.54, 1.807) is 12.1 Å². The topological polar surface area (TPSA) is 72.3 Å². The van der Waals surface area contributed by atoms with E-state index in [0.717, 1.165) is 11.3 Å². The van der Waals surface area contributed by atoms with Gasteiger partial charge in [-0.05, 0) is 38.1 Å². The fraction of sp³-hybridized carbons (Fsp3) is 0.154. The Kier molecular flexibility index (Phi) is 3.23. The van der Waals surface area contributed by atoms with Gasteiger partial charge in [-0.25, -0.2) is 14.8 Å². The third kappa shape index (κ3) is 2.45. The summed E-state index contributed by atoms with van der Waals surface area (Å²) in [7, 11) is 0. The molecule has 0 atom stereocenters.